The van der Waals surface area contributed by atoms with Crippen molar-refractivity contribution in [3.63, 3.8) is 0 Å². The Morgan fingerprint density at radius 2 is 1.73 bits per heavy atom. The van der Waals surface area contributed by atoms with Crippen molar-refractivity contribution in [1.29, 1.82) is 0 Å². The van der Waals surface area contributed by atoms with Gasteiger partial charge in [0, 0.05) is 27.6 Å². The van der Waals surface area contributed by atoms with Gasteiger partial charge < -0.3 is 10.2 Å². The first-order valence-corrected chi connectivity index (χ1v) is 13.6. The van der Waals surface area contributed by atoms with Gasteiger partial charge in [-0.1, -0.05) is 52.1 Å². The van der Waals surface area contributed by atoms with E-state index in [1.807, 2.05) is 0 Å². The highest BCUT2D eigenvalue weighted by Gasteiger charge is 2.31. The molecule has 7 nitrogen and oxygen atoms in total. The van der Waals surface area contributed by atoms with Crippen molar-refractivity contribution in [2.75, 3.05) is 23.7 Å². The smallest absolute Gasteiger partial charge is 0.244 e. The van der Waals surface area contributed by atoms with E-state index in [1.165, 1.54) is 4.90 Å². The third-order valence-electron chi connectivity index (χ3n) is 4.89. The SMILES string of the molecule is CCNC(=O)[C@@H](CC)N(Cc1ccc(Cl)cc1Cl)C(=O)CN(c1ccc(Br)cc1)S(C)(=O)=O. The topological polar surface area (TPSA) is 86.8 Å². The van der Waals surface area contributed by atoms with Crippen molar-refractivity contribution in [3.8, 4) is 0 Å². The molecule has 0 unspecified atom stereocenters. The van der Waals surface area contributed by atoms with Gasteiger partial charge in [0.15, 0.2) is 0 Å². The molecule has 1 N–H and O–H groups in total. The third kappa shape index (κ3) is 7.60. The second-order valence-corrected chi connectivity index (χ2v) is 11.0. The summed E-state index contributed by atoms with van der Waals surface area (Å²) in [5.74, 6) is -0.861. The Labute approximate surface area is 213 Å². The summed E-state index contributed by atoms with van der Waals surface area (Å²) in [6.45, 7) is 3.51. The predicted molar refractivity (Wildman–Crippen MR) is 136 cm³/mol. The van der Waals surface area contributed by atoms with Crippen LogP contribution in [0, 0.1) is 0 Å². The molecule has 0 bridgehead atoms. The molecular formula is C22H26BrCl2N3O4S. The van der Waals surface area contributed by atoms with E-state index in [0.717, 1.165) is 15.0 Å². The number of halogens is 3. The van der Waals surface area contributed by atoms with Gasteiger partial charge in [-0.2, -0.15) is 0 Å². The van der Waals surface area contributed by atoms with Crippen LogP contribution >= 0.6 is 39.1 Å². The first-order valence-electron chi connectivity index (χ1n) is 10.2. The molecule has 2 aromatic carbocycles. The van der Waals surface area contributed by atoms with Gasteiger partial charge in [0.05, 0.1) is 11.9 Å². The van der Waals surface area contributed by atoms with Crippen LogP contribution in [0.15, 0.2) is 46.9 Å². The average Bonchev–Trinajstić information content (AvgIpc) is 2.73. The van der Waals surface area contributed by atoms with Gasteiger partial charge in [-0.15, -0.1) is 0 Å². The molecule has 0 aliphatic carbocycles. The van der Waals surface area contributed by atoms with Crippen LogP contribution in [0.1, 0.15) is 25.8 Å². The molecule has 0 saturated heterocycles. The normalized spacial score (nSPS) is 12.2. The van der Waals surface area contributed by atoms with Crippen LogP contribution in [-0.4, -0.2) is 50.5 Å². The van der Waals surface area contributed by atoms with Crippen LogP contribution in [0.2, 0.25) is 10.0 Å². The maximum absolute atomic E-state index is 13.5. The highest BCUT2D eigenvalue weighted by Crippen LogP contribution is 2.25. The lowest BCUT2D eigenvalue weighted by Crippen LogP contribution is -2.52. The number of hydrogen-bond donors (Lipinski definition) is 1. The number of rotatable bonds is 10. The maximum atomic E-state index is 13.5. The minimum atomic E-state index is -3.78. The zero-order valence-electron chi connectivity index (χ0n) is 18.5. The van der Waals surface area contributed by atoms with Gasteiger partial charge in [-0.3, -0.25) is 13.9 Å². The summed E-state index contributed by atoms with van der Waals surface area (Å²) in [6.07, 6.45) is 1.36. The van der Waals surface area contributed by atoms with Crippen LogP contribution in [-0.2, 0) is 26.2 Å². The Hall–Kier alpha value is -1.81. The number of likely N-dealkylation sites (N-methyl/N-ethyl adjacent to an activating group) is 1. The van der Waals surface area contributed by atoms with Crippen molar-refractivity contribution in [1.82, 2.24) is 10.2 Å². The standard InChI is InChI=1S/C22H26BrCl2N3O4S/c1-4-20(22(30)26-5-2)27(13-15-6-9-17(24)12-19(15)25)21(29)14-28(33(3,31)32)18-10-7-16(23)8-11-18/h6-12,20H,4-5,13-14H2,1-3H3,(H,26,30)/t20-/m1/s1. The van der Waals surface area contributed by atoms with Crippen LogP contribution < -0.4 is 9.62 Å². The summed E-state index contributed by atoms with van der Waals surface area (Å²) in [6, 6.07) is 10.6. The molecule has 0 aromatic heterocycles. The number of amides is 2. The monoisotopic (exact) mass is 577 g/mol. The highest BCUT2D eigenvalue weighted by molar-refractivity contribution is 9.10. The number of nitrogens with zero attached hydrogens (tertiary/aromatic N) is 2. The van der Waals surface area contributed by atoms with Gasteiger partial charge in [-0.25, -0.2) is 8.42 Å². The van der Waals surface area contributed by atoms with E-state index in [2.05, 4.69) is 21.2 Å². The summed E-state index contributed by atoms with van der Waals surface area (Å²) in [4.78, 5) is 27.6. The highest BCUT2D eigenvalue weighted by atomic mass is 79.9. The third-order valence-corrected chi connectivity index (χ3v) is 7.14. The quantitative estimate of drug-likeness (QED) is 0.451. The zero-order chi connectivity index (χ0) is 24.8. The summed E-state index contributed by atoms with van der Waals surface area (Å²) < 4.78 is 26.8. The van der Waals surface area contributed by atoms with Crippen molar-refractivity contribution >= 4 is 66.7 Å². The summed E-state index contributed by atoms with van der Waals surface area (Å²) in [5, 5.41) is 3.53. The van der Waals surface area contributed by atoms with E-state index in [1.54, 1.807) is 56.3 Å². The molecule has 0 saturated carbocycles. The van der Waals surface area contributed by atoms with E-state index in [4.69, 9.17) is 23.2 Å². The molecular weight excluding hydrogens is 553 g/mol. The molecule has 1 atom stereocenters. The molecule has 2 rings (SSSR count). The Kier molecular flexibility index (Phi) is 10.0. The summed E-state index contributed by atoms with van der Waals surface area (Å²) >= 11 is 15.6. The molecule has 0 fully saturated rings. The van der Waals surface area contributed by atoms with E-state index >= 15 is 0 Å². The summed E-state index contributed by atoms with van der Waals surface area (Å²) in [7, 11) is -3.78. The van der Waals surface area contributed by atoms with Crippen LogP contribution in [0.25, 0.3) is 0 Å². The summed E-state index contributed by atoms with van der Waals surface area (Å²) in [5.41, 5.74) is 0.927. The number of anilines is 1. The lowest BCUT2D eigenvalue weighted by molar-refractivity contribution is -0.140. The Bertz CT molecular complexity index is 1100. The maximum Gasteiger partial charge on any atom is 0.244 e. The Balaban J connectivity index is 2.45. The molecule has 2 amide bonds. The molecule has 180 valence electrons. The van der Waals surface area contributed by atoms with Gasteiger partial charge in [0.2, 0.25) is 21.8 Å². The molecule has 33 heavy (non-hydrogen) atoms. The number of benzene rings is 2. The molecule has 0 aliphatic rings. The fourth-order valence-corrected chi connectivity index (χ4v) is 4.85. The van der Waals surface area contributed by atoms with Crippen LogP contribution in [0.3, 0.4) is 0 Å². The zero-order valence-corrected chi connectivity index (χ0v) is 22.4. The number of hydrogen-bond acceptors (Lipinski definition) is 4. The predicted octanol–water partition coefficient (Wildman–Crippen LogP) is 4.47. The van der Waals surface area contributed by atoms with Crippen molar-refractivity contribution < 1.29 is 18.0 Å². The average molecular weight is 579 g/mol. The minimum absolute atomic E-state index is 0.0163. The molecule has 0 radical (unpaired) electrons. The van der Waals surface area contributed by atoms with E-state index in [-0.39, 0.29) is 12.5 Å². The van der Waals surface area contributed by atoms with E-state index in [0.29, 0.717) is 34.3 Å². The van der Waals surface area contributed by atoms with Crippen LogP contribution in [0.4, 0.5) is 5.69 Å². The van der Waals surface area contributed by atoms with E-state index < -0.39 is 28.5 Å². The Morgan fingerprint density at radius 1 is 1.09 bits per heavy atom. The fourth-order valence-electron chi connectivity index (χ4n) is 3.27. The number of carbonyl (C=O) groups is 2. The lowest BCUT2D eigenvalue weighted by Gasteiger charge is -2.33. The lowest BCUT2D eigenvalue weighted by atomic mass is 10.1. The van der Waals surface area contributed by atoms with Gasteiger partial charge in [-0.05, 0) is 55.3 Å². The second kappa shape index (κ2) is 12.1. The Morgan fingerprint density at radius 3 is 2.24 bits per heavy atom. The van der Waals surface area contributed by atoms with Crippen molar-refractivity contribution in [2.24, 2.45) is 0 Å². The fraction of sp³-hybridized carbons (Fsp3) is 0.364. The first-order chi connectivity index (χ1) is 15.5. The van der Waals surface area contributed by atoms with Crippen LogP contribution in [0.5, 0.6) is 0 Å². The van der Waals surface area contributed by atoms with Gasteiger partial charge >= 0.3 is 0 Å². The minimum Gasteiger partial charge on any atom is -0.355 e. The largest absolute Gasteiger partial charge is 0.355 e. The first kappa shape index (κ1) is 27.4. The number of sulfonamides is 1. The van der Waals surface area contributed by atoms with Crippen molar-refractivity contribution in [2.45, 2.75) is 32.9 Å². The molecule has 0 spiro atoms. The molecule has 0 heterocycles. The second-order valence-electron chi connectivity index (χ2n) is 7.32. The molecule has 0 aliphatic heterocycles. The van der Waals surface area contributed by atoms with Crippen molar-refractivity contribution in [3.05, 3.63) is 62.5 Å². The number of nitrogens with one attached hydrogen (secondary N) is 1. The van der Waals surface area contributed by atoms with Gasteiger partial charge in [0.25, 0.3) is 0 Å². The van der Waals surface area contributed by atoms with E-state index in [9.17, 15) is 18.0 Å². The number of carbonyl (C=O) groups excluding carboxylic acids is 2. The van der Waals surface area contributed by atoms with Gasteiger partial charge in [0.1, 0.15) is 12.6 Å². The molecule has 2 aromatic rings. The molecule has 11 heteroatoms.